The quantitative estimate of drug-likeness (QED) is 0.151. The van der Waals surface area contributed by atoms with E-state index in [4.69, 9.17) is 4.74 Å². The minimum absolute atomic E-state index is 0.146. The lowest BCUT2D eigenvalue weighted by Crippen LogP contribution is -2.38. The molecule has 0 aliphatic carbocycles. The predicted molar refractivity (Wildman–Crippen MR) is 196 cm³/mol. The van der Waals surface area contributed by atoms with E-state index < -0.39 is 28.7 Å². The molecule has 0 bridgehead atoms. The highest BCUT2D eigenvalue weighted by atomic mass is 19.2. The van der Waals surface area contributed by atoms with Crippen LogP contribution in [-0.2, 0) is 0 Å². The van der Waals surface area contributed by atoms with Crippen molar-refractivity contribution >= 4 is 28.6 Å². The summed E-state index contributed by atoms with van der Waals surface area (Å²) < 4.78 is 52.0. The third kappa shape index (κ3) is 6.92. The average Bonchev–Trinajstić information content (AvgIpc) is 3.07. The molecule has 0 aliphatic heterocycles. The molecule has 0 atom stereocenters. The maximum absolute atomic E-state index is 15.5. The first kappa shape index (κ1) is 34.2. The van der Waals surface area contributed by atoms with Gasteiger partial charge in [-0.2, -0.15) is 4.39 Å². The van der Waals surface area contributed by atoms with Crippen LogP contribution in [-0.4, -0.2) is 15.5 Å². The largest absolute Gasteiger partial charge is 0.454 e. The van der Waals surface area contributed by atoms with E-state index in [1.807, 2.05) is 24.3 Å². The summed E-state index contributed by atoms with van der Waals surface area (Å²) in [6.07, 6.45) is 3.18. The lowest BCUT2D eigenvalue weighted by molar-refractivity contribution is 0.395. The van der Waals surface area contributed by atoms with E-state index in [-0.39, 0.29) is 17.0 Å². The van der Waals surface area contributed by atoms with Gasteiger partial charge in [-0.3, -0.25) is 4.98 Å². The normalized spacial score (nSPS) is 11.4. The molecule has 0 aliphatic rings. The summed E-state index contributed by atoms with van der Waals surface area (Å²) in [7, 11) is 0. The Morgan fingerprint density at radius 1 is 0.600 bits per heavy atom. The molecule has 50 heavy (non-hydrogen) atoms. The van der Waals surface area contributed by atoms with Crippen LogP contribution in [0, 0.1) is 45.1 Å². The van der Waals surface area contributed by atoms with Gasteiger partial charge in [0.2, 0.25) is 5.82 Å². The molecule has 0 saturated heterocycles. The second kappa shape index (κ2) is 13.7. The highest BCUT2D eigenvalue weighted by molar-refractivity contribution is 5.83. The van der Waals surface area contributed by atoms with E-state index in [1.165, 1.54) is 12.3 Å². The van der Waals surface area contributed by atoms with Gasteiger partial charge in [-0.05, 0) is 108 Å². The number of benzene rings is 4. The average molecular weight is 673 g/mol. The van der Waals surface area contributed by atoms with Crippen LogP contribution in [0.1, 0.15) is 43.0 Å². The smallest absolute Gasteiger partial charge is 0.204 e. The zero-order chi connectivity index (χ0) is 35.7. The van der Waals surface area contributed by atoms with Gasteiger partial charge in [0.15, 0.2) is 17.4 Å². The summed E-state index contributed by atoms with van der Waals surface area (Å²) >= 11 is 0. The molecule has 0 N–H and O–H groups in total. The minimum atomic E-state index is -1.64. The van der Waals surface area contributed by atoms with Crippen molar-refractivity contribution in [1.82, 2.24) is 9.97 Å². The van der Waals surface area contributed by atoms with Crippen LogP contribution < -0.4 is 14.5 Å². The third-order valence-electron chi connectivity index (χ3n) is 8.41. The number of ether oxygens (including phenoxy) is 1. The first-order chi connectivity index (χ1) is 23.8. The number of halogens is 3. The van der Waals surface area contributed by atoms with E-state index in [2.05, 4.69) is 105 Å². The van der Waals surface area contributed by atoms with E-state index in [0.29, 0.717) is 17.2 Å². The van der Waals surface area contributed by atoms with Crippen LogP contribution in [0.5, 0.6) is 11.5 Å². The number of pyridine rings is 2. The maximum Gasteiger partial charge on any atom is 0.204 e. The Morgan fingerprint density at radius 2 is 1.20 bits per heavy atom. The number of rotatable bonds is 8. The van der Waals surface area contributed by atoms with Gasteiger partial charge in [0.1, 0.15) is 11.6 Å². The van der Waals surface area contributed by atoms with Crippen molar-refractivity contribution in [3.05, 3.63) is 149 Å². The maximum atomic E-state index is 15.5. The van der Waals surface area contributed by atoms with Gasteiger partial charge < -0.3 is 14.5 Å². The highest BCUT2D eigenvalue weighted by Crippen LogP contribution is 2.45. The van der Waals surface area contributed by atoms with Crippen molar-refractivity contribution < 1.29 is 17.9 Å². The molecule has 0 spiro atoms. The van der Waals surface area contributed by atoms with Gasteiger partial charge in [0.25, 0.3) is 0 Å². The molecule has 2 heterocycles. The Morgan fingerprint density at radius 3 is 1.74 bits per heavy atom. The summed E-state index contributed by atoms with van der Waals surface area (Å²) in [6, 6.07) is 29.7. The molecule has 0 saturated carbocycles. The summed E-state index contributed by atoms with van der Waals surface area (Å²) in [5.74, 6) is -4.00. The lowest BCUT2D eigenvalue weighted by atomic mass is 10.0. The number of hydrogen-bond donors (Lipinski definition) is 0. The minimum Gasteiger partial charge on any atom is -0.454 e. The molecular formula is C42H39F3N4O. The van der Waals surface area contributed by atoms with Crippen molar-refractivity contribution in [2.24, 2.45) is 0 Å². The predicted octanol–water partition coefficient (Wildman–Crippen LogP) is 12.0. The molecule has 0 fully saturated rings. The van der Waals surface area contributed by atoms with Crippen molar-refractivity contribution in [3.63, 3.8) is 0 Å². The van der Waals surface area contributed by atoms with Crippen LogP contribution in [0.2, 0.25) is 0 Å². The fourth-order valence-corrected chi connectivity index (χ4v) is 6.25. The van der Waals surface area contributed by atoms with Gasteiger partial charge in [0.05, 0.1) is 11.4 Å². The number of anilines is 5. The van der Waals surface area contributed by atoms with Crippen molar-refractivity contribution in [2.45, 2.75) is 54.0 Å². The standard InChI is InChI=1S/C42H39F3N4O/c1-26-14-16-35(28(3)20-26)48(36-17-15-27(2)21-29(36)4)30-22-31(49(42(5,6)7)38-13-9-11-19-47-38)24-32(23-30)50-37-25-33(34-12-8-10-18-46-34)39(43)41(45)40(37)44/h8-25H,1-7H3. The second-order valence-electron chi connectivity index (χ2n) is 13.5. The van der Waals surface area contributed by atoms with Crippen molar-refractivity contribution in [2.75, 3.05) is 9.80 Å². The highest BCUT2D eigenvalue weighted by Gasteiger charge is 2.28. The summed E-state index contributed by atoms with van der Waals surface area (Å²) in [6.45, 7) is 14.4. The van der Waals surface area contributed by atoms with E-state index in [9.17, 15) is 0 Å². The molecule has 2 aromatic heterocycles. The first-order valence-electron chi connectivity index (χ1n) is 16.4. The molecule has 0 amide bonds. The number of hydrogen-bond acceptors (Lipinski definition) is 5. The second-order valence-corrected chi connectivity index (χ2v) is 13.5. The van der Waals surface area contributed by atoms with Gasteiger partial charge in [-0.25, -0.2) is 13.8 Å². The van der Waals surface area contributed by atoms with Gasteiger partial charge >= 0.3 is 0 Å². The van der Waals surface area contributed by atoms with Crippen LogP contribution >= 0.6 is 0 Å². The molecule has 8 heteroatoms. The van der Waals surface area contributed by atoms with Crippen LogP contribution in [0.4, 0.5) is 41.7 Å². The third-order valence-corrected chi connectivity index (χ3v) is 8.41. The van der Waals surface area contributed by atoms with Crippen LogP contribution in [0.25, 0.3) is 11.3 Å². The number of aromatic nitrogens is 2. The Labute approximate surface area is 291 Å². The molecular weight excluding hydrogens is 633 g/mol. The fraction of sp³-hybridized carbons (Fsp3) is 0.190. The van der Waals surface area contributed by atoms with E-state index >= 15 is 13.2 Å². The Kier molecular flexibility index (Phi) is 9.39. The topological polar surface area (TPSA) is 41.5 Å². The van der Waals surface area contributed by atoms with Gasteiger partial charge in [0, 0.05) is 52.7 Å². The zero-order valence-corrected chi connectivity index (χ0v) is 29.2. The fourth-order valence-electron chi connectivity index (χ4n) is 6.25. The summed E-state index contributed by atoms with van der Waals surface area (Å²) in [5, 5.41) is 0. The van der Waals surface area contributed by atoms with Gasteiger partial charge in [-0.1, -0.05) is 47.5 Å². The summed E-state index contributed by atoms with van der Waals surface area (Å²) in [5.41, 5.74) is 7.04. The molecule has 4 aromatic carbocycles. The number of aryl methyl sites for hydroxylation is 4. The Hall–Kier alpha value is -5.63. The summed E-state index contributed by atoms with van der Waals surface area (Å²) in [4.78, 5) is 13.0. The monoisotopic (exact) mass is 672 g/mol. The van der Waals surface area contributed by atoms with Gasteiger partial charge in [-0.15, -0.1) is 0 Å². The molecule has 5 nitrogen and oxygen atoms in total. The van der Waals surface area contributed by atoms with Crippen molar-refractivity contribution in [1.29, 1.82) is 0 Å². The molecule has 0 radical (unpaired) electrons. The molecule has 6 rings (SSSR count). The van der Waals surface area contributed by atoms with Crippen molar-refractivity contribution in [3.8, 4) is 22.8 Å². The zero-order valence-electron chi connectivity index (χ0n) is 29.2. The number of nitrogens with zero attached hydrogens (tertiary/aromatic N) is 4. The van der Waals surface area contributed by atoms with E-state index in [1.54, 1.807) is 30.5 Å². The SMILES string of the molecule is Cc1ccc(N(c2cc(Oc3cc(-c4ccccn4)c(F)c(F)c3F)cc(N(c3ccccn3)C(C)(C)C)c2)c2ccc(C)cc2C)c(C)c1. The lowest BCUT2D eigenvalue weighted by Gasteiger charge is -2.38. The van der Waals surface area contributed by atoms with Crippen LogP contribution in [0.3, 0.4) is 0 Å². The molecule has 254 valence electrons. The van der Waals surface area contributed by atoms with Crippen LogP contribution in [0.15, 0.2) is 109 Å². The first-order valence-corrected chi connectivity index (χ1v) is 16.4. The molecule has 6 aromatic rings. The molecule has 0 unspecified atom stereocenters. The Bertz CT molecular complexity index is 2110. The Balaban J connectivity index is 1.62. The van der Waals surface area contributed by atoms with E-state index in [0.717, 1.165) is 39.7 Å².